The maximum absolute atomic E-state index is 11.3. The van der Waals surface area contributed by atoms with Gasteiger partial charge in [-0.25, -0.2) is 9.80 Å². The smallest absolute Gasteiger partial charge is 0.333 e. The second kappa shape index (κ2) is 5.86. The summed E-state index contributed by atoms with van der Waals surface area (Å²) in [5, 5.41) is 12.7. The number of carbonyl (C=O) groups excluding carboxylic acids is 1. The summed E-state index contributed by atoms with van der Waals surface area (Å²) in [6.07, 6.45) is -0.0236. The van der Waals surface area contributed by atoms with Crippen LogP contribution < -0.4 is 10.7 Å². The highest BCUT2D eigenvalue weighted by Gasteiger charge is 2.03. The lowest BCUT2D eigenvalue weighted by Gasteiger charge is -2.12. The fourth-order valence-electron chi connectivity index (χ4n) is 1.24. The van der Waals surface area contributed by atoms with Crippen LogP contribution >= 0.6 is 0 Å². The van der Waals surface area contributed by atoms with E-state index in [1.165, 1.54) is 5.01 Å². The standard InChI is InChI=1S/C11H15N3O3/c1-14(2)13-11(17)12-9-5-3-8(4-6-9)7-10(15)16/h3-6H,7H2,1-2H3,(H,15,16)(H2,12,13,17). The number of aliphatic carboxylic acids is 1. The highest BCUT2D eigenvalue weighted by Crippen LogP contribution is 2.09. The molecule has 92 valence electrons. The first-order valence-electron chi connectivity index (χ1n) is 5.03. The monoisotopic (exact) mass is 237 g/mol. The lowest BCUT2D eigenvalue weighted by molar-refractivity contribution is -0.136. The molecular formula is C11H15N3O3. The molecule has 0 aliphatic rings. The summed E-state index contributed by atoms with van der Waals surface area (Å²) < 4.78 is 0. The number of hydrogen-bond donors (Lipinski definition) is 3. The van der Waals surface area contributed by atoms with Crippen LogP contribution in [0.2, 0.25) is 0 Å². The first-order valence-corrected chi connectivity index (χ1v) is 5.03. The van der Waals surface area contributed by atoms with Crippen molar-refractivity contribution in [1.82, 2.24) is 10.4 Å². The summed E-state index contributed by atoms with van der Waals surface area (Å²) >= 11 is 0. The first-order chi connectivity index (χ1) is 7.97. The Morgan fingerprint density at radius 2 is 1.82 bits per heavy atom. The van der Waals surface area contributed by atoms with E-state index in [2.05, 4.69) is 10.7 Å². The first kappa shape index (κ1) is 13.0. The molecule has 0 saturated heterocycles. The van der Waals surface area contributed by atoms with Gasteiger partial charge in [-0.05, 0) is 17.7 Å². The van der Waals surface area contributed by atoms with Gasteiger partial charge in [-0.2, -0.15) is 0 Å². The van der Waals surface area contributed by atoms with Gasteiger partial charge < -0.3 is 10.4 Å². The molecule has 0 saturated carbocycles. The molecule has 1 aromatic carbocycles. The van der Waals surface area contributed by atoms with Crippen molar-refractivity contribution in [1.29, 1.82) is 0 Å². The molecule has 1 rings (SSSR count). The van der Waals surface area contributed by atoms with Crippen molar-refractivity contribution in [3.63, 3.8) is 0 Å². The van der Waals surface area contributed by atoms with E-state index in [-0.39, 0.29) is 12.5 Å². The average molecular weight is 237 g/mol. The number of amides is 2. The summed E-state index contributed by atoms with van der Waals surface area (Å²) in [7, 11) is 3.41. The van der Waals surface area contributed by atoms with Gasteiger partial charge in [-0.3, -0.25) is 10.2 Å². The second-order valence-electron chi connectivity index (χ2n) is 3.73. The Bertz CT molecular complexity index is 401. The highest BCUT2D eigenvalue weighted by atomic mass is 16.4. The largest absolute Gasteiger partial charge is 0.481 e. The number of hydrogen-bond acceptors (Lipinski definition) is 3. The van der Waals surface area contributed by atoms with Crippen molar-refractivity contribution in [2.75, 3.05) is 19.4 Å². The lowest BCUT2D eigenvalue weighted by atomic mass is 10.1. The maximum atomic E-state index is 11.3. The van der Waals surface area contributed by atoms with Crippen molar-refractivity contribution in [3.8, 4) is 0 Å². The lowest BCUT2D eigenvalue weighted by Crippen LogP contribution is -2.39. The number of nitrogens with one attached hydrogen (secondary N) is 2. The van der Waals surface area contributed by atoms with Crippen LogP contribution in [0, 0.1) is 0 Å². The fraction of sp³-hybridized carbons (Fsp3) is 0.273. The topological polar surface area (TPSA) is 81.7 Å². The van der Waals surface area contributed by atoms with Crippen molar-refractivity contribution in [2.24, 2.45) is 0 Å². The van der Waals surface area contributed by atoms with Crippen LogP contribution in [0.15, 0.2) is 24.3 Å². The molecule has 6 nitrogen and oxygen atoms in total. The van der Waals surface area contributed by atoms with E-state index in [1.807, 2.05) is 0 Å². The molecule has 0 spiro atoms. The van der Waals surface area contributed by atoms with E-state index in [4.69, 9.17) is 5.11 Å². The Labute approximate surface area is 99.2 Å². The van der Waals surface area contributed by atoms with Gasteiger partial charge >= 0.3 is 12.0 Å². The van der Waals surface area contributed by atoms with Crippen molar-refractivity contribution < 1.29 is 14.7 Å². The molecule has 6 heteroatoms. The molecule has 1 aromatic rings. The third-order valence-corrected chi connectivity index (χ3v) is 1.89. The molecule has 0 radical (unpaired) electrons. The predicted molar refractivity (Wildman–Crippen MR) is 63.6 cm³/mol. The quantitative estimate of drug-likeness (QED) is 0.680. The molecule has 0 aliphatic heterocycles. The molecule has 0 aliphatic carbocycles. The van der Waals surface area contributed by atoms with Gasteiger partial charge in [0.25, 0.3) is 0 Å². The summed E-state index contributed by atoms with van der Waals surface area (Å²) in [5.74, 6) is -0.879. The van der Waals surface area contributed by atoms with E-state index in [9.17, 15) is 9.59 Å². The van der Waals surface area contributed by atoms with E-state index < -0.39 is 5.97 Å². The summed E-state index contributed by atoms with van der Waals surface area (Å²) in [6, 6.07) is 6.31. The zero-order valence-electron chi connectivity index (χ0n) is 9.73. The number of benzene rings is 1. The molecule has 0 aromatic heterocycles. The Morgan fingerprint density at radius 3 is 2.29 bits per heavy atom. The molecule has 3 N–H and O–H groups in total. The minimum absolute atomic E-state index is 0.0236. The maximum Gasteiger partial charge on any atom is 0.333 e. The summed E-state index contributed by atoms with van der Waals surface area (Å²) in [5.41, 5.74) is 3.83. The third kappa shape index (κ3) is 4.98. The molecule has 0 heterocycles. The normalized spacial score (nSPS) is 10.1. The van der Waals surface area contributed by atoms with E-state index in [0.717, 1.165) is 0 Å². The summed E-state index contributed by atoms with van der Waals surface area (Å²) in [6.45, 7) is 0. The number of urea groups is 1. The van der Waals surface area contributed by atoms with Gasteiger partial charge in [0.1, 0.15) is 0 Å². The number of carbonyl (C=O) groups is 2. The number of hydrazine groups is 1. The molecule has 0 atom stereocenters. The van der Waals surface area contributed by atoms with Crippen LogP contribution in [-0.2, 0) is 11.2 Å². The Morgan fingerprint density at radius 1 is 1.24 bits per heavy atom. The van der Waals surface area contributed by atoms with Crippen LogP contribution in [0.1, 0.15) is 5.56 Å². The minimum Gasteiger partial charge on any atom is -0.481 e. The van der Waals surface area contributed by atoms with Crippen molar-refractivity contribution in [2.45, 2.75) is 6.42 Å². The van der Waals surface area contributed by atoms with Gasteiger partial charge in [0.05, 0.1) is 6.42 Å². The number of nitrogens with zero attached hydrogens (tertiary/aromatic N) is 1. The Hall–Kier alpha value is -2.08. The van der Waals surface area contributed by atoms with Crippen LogP contribution in [0.3, 0.4) is 0 Å². The van der Waals surface area contributed by atoms with E-state index >= 15 is 0 Å². The molecule has 17 heavy (non-hydrogen) atoms. The summed E-state index contributed by atoms with van der Waals surface area (Å²) in [4.78, 5) is 21.8. The molecule has 0 unspecified atom stereocenters. The number of anilines is 1. The number of carboxylic acids is 1. The van der Waals surface area contributed by atoms with Crippen molar-refractivity contribution >= 4 is 17.7 Å². The second-order valence-corrected chi connectivity index (χ2v) is 3.73. The van der Waals surface area contributed by atoms with E-state index in [1.54, 1.807) is 38.4 Å². The zero-order chi connectivity index (χ0) is 12.8. The van der Waals surface area contributed by atoms with Gasteiger partial charge in [-0.1, -0.05) is 12.1 Å². The molecular weight excluding hydrogens is 222 g/mol. The van der Waals surface area contributed by atoms with Crippen LogP contribution in [0.4, 0.5) is 10.5 Å². The number of carboxylic acid groups (broad SMARTS) is 1. The van der Waals surface area contributed by atoms with Crippen LogP contribution in [-0.4, -0.2) is 36.2 Å². The SMILES string of the molecule is CN(C)NC(=O)Nc1ccc(CC(=O)O)cc1. The Kier molecular flexibility index (Phi) is 4.47. The van der Waals surface area contributed by atoms with Gasteiger partial charge in [0.15, 0.2) is 0 Å². The van der Waals surface area contributed by atoms with Gasteiger partial charge in [0, 0.05) is 19.8 Å². The molecule has 0 bridgehead atoms. The van der Waals surface area contributed by atoms with Crippen molar-refractivity contribution in [3.05, 3.63) is 29.8 Å². The van der Waals surface area contributed by atoms with Gasteiger partial charge in [-0.15, -0.1) is 0 Å². The fourth-order valence-corrected chi connectivity index (χ4v) is 1.24. The van der Waals surface area contributed by atoms with Gasteiger partial charge in [0.2, 0.25) is 0 Å². The zero-order valence-corrected chi connectivity index (χ0v) is 9.73. The average Bonchev–Trinajstić information content (AvgIpc) is 2.18. The third-order valence-electron chi connectivity index (χ3n) is 1.89. The highest BCUT2D eigenvalue weighted by molar-refractivity contribution is 5.88. The van der Waals surface area contributed by atoms with Crippen LogP contribution in [0.5, 0.6) is 0 Å². The predicted octanol–water partition coefficient (Wildman–Crippen LogP) is 0.912. The molecule has 2 amide bonds. The Balaban J connectivity index is 2.56. The number of rotatable bonds is 4. The molecule has 0 fully saturated rings. The van der Waals surface area contributed by atoms with E-state index in [0.29, 0.717) is 11.3 Å². The van der Waals surface area contributed by atoms with Crippen LogP contribution in [0.25, 0.3) is 0 Å². The minimum atomic E-state index is -0.879.